The summed E-state index contributed by atoms with van der Waals surface area (Å²) in [7, 11) is 0.187. The Morgan fingerprint density at radius 1 is 1.12 bits per heavy atom. The van der Waals surface area contributed by atoms with E-state index in [-0.39, 0.29) is 22.8 Å². The van der Waals surface area contributed by atoms with Gasteiger partial charge in [0.1, 0.15) is 11.0 Å². The summed E-state index contributed by atoms with van der Waals surface area (Å²) in [5, 5.41) is 3.11. The first-order valence-electron chi connectivity index (χ1n) is 9.88. The maximum absolute atomic E-state index is 13.3. The Labute approximate surface area is 191 Å². The molecule has 1 amide bonds. The molecule has 32 heavy (non-hydrogen) atoms. The lowest BCUT2D eigenvalue weighted by atomic mass is 10.1. The van der Waals surface area contributed by atoms with Gasteiger partial charge in [-0.3, -0.25) is 4.79 Å². The zero-order valence-electron chi connectivity index (χ0n) is 18.6. The van der Waals surface area contributed by atoms with Crippen molar-refractivity contribution in [2.45, 2.75) is 37.6 Å². The van der Waals surface area contributed by atoms with Crippen LogP contribution in [0.1, 0.15) is 33.6 Å². The number of aryl methyl sites for hydroxylation is 1. The third-order valence-electron chi connectivity index (χ3n) is 5.48. The fourth-order valence-electron chi connectivity index (χ4n) is 3.66. The quantitative estimate of drug-likeness (QED) is 0.604. The van der Waals surface area contributed by atoms with Gasteiger partial charge in [0.05, 0.1) is 31.8 Å². The van der Waals surface area contributed by atoms with Crippen molar-refractivity contribution in [3.05, 3.63) is 34.2 Å². The predicted octanol–water partition coefficient (Wildman–Crippen LogP) is 2.96. The van der Waals surface area contributed by atoms with E-state index in [9.17, 15) is 18.0 Å². The van der Waals surface area contributed by atoms with Gasteiger partial charge >= 0.3 is 5.97 Å². The molecule has 1 atom stereocenters. The molecule has 0 aliphatic carbocycles. The van der Waals surface area contributed by atoms with Crippen LogP contribution in [0.4, 0.5) is 5.00 Å². The lowest BCUT2D eigenvalue weighted by Gasteiger charge is -2.23. The first-order chi connectivity index (χ1) is 15.1. The van der Waals surface area contributed by atoms with Crippen molar-refractivity contribution in [1.82, 2.24) is 4.31 Å². The summed E-state index contributed by atoms with van der Waals surface area (Å²) in [4.78, 5) is 26.2. The van der Waals surface area contributed by atoms with Crippen molar-refractivity contribution >= 4 is 38.2 Å². The molecule has 3 rings (SSSR count). The zero-order valence-corrected chi connectivity index (χ0v) is 20.2. The lowest BCUT2D eigenvalue weighted by molar-refractivity contribution is -0.119. The van der Waals surface area contributed by atoms with Crippen molar-refractivity contribution in [1.29, 1.82) is 0 Å². The van der Waals surface area contributed by atoms with Crippen LogP contribution in [0.25, 0.3) is 0 Å². The topological polar surface area (TPSA) is 111 Å². The van der Waals surface area contributed by atoms with Crippen LogP contribution in [0, 0.1) is 13.8 Å². The first-order valence-corrected chi connectivity index (χ1v) is 12.1. The Balaban J connectivity index is 1.90. The van der Waals surface area contributed by atoms with E-state index in [1.54, 1.807) is 6.92 Å². The fraction of sp³-hybridized carbons (Fsp3) is 0.429. The number of anilines is 1. The summed E-state index contributed by atoms with van der Waals surface area (Å²) in [5.41, 5.74) is 1.01. The number of carbonyl (C=O) groups is 2. The molecule has 0 saturated carbocycles. The molecule has 1 fully saturated rings. The monoisotopic (exact) mass is 482 g/mol. The number of rotatable bonds is 7. The molecule has 174 valence electrons. The molecule has 0 bridgehead atoms. The highest BCUT2D eigenvalue weighted by molar-refractivity contribution is 7.89. The van der Waals surface area contributed by atoms with E-state index in [4.69, 9.17) is 14.2 Å². The van der Waals surface area contributed by atoms with E-state index >= 15 is 0 Å². The third kappa shape index (κ3) is 4.32. The van der Waals surface area contributed by atoms with Gasteiger partial charge in [-0.05, 0) is 44.4 Å². The van der Waals surface area contributed by atoms with Gasteiger partial charge in [0.25, 0.3) is 0 Å². The predicted molar refractivity (Wildman–Crippen MR) is 120 cm³/mol. The van der Waals surface area contributed by atoms with Crippen molar-refractivity contribution in [3.8, 4) is 11.5 Å². The summed E-state index contributed by atoms with van der Waals surface area (Å²) in [6.07, 6.45) is 0.909. The maximum atomic E-state index is 13.3. The highest BCUT2D eigenvalue weighted by Gasteiger charge is 2.40. The molecule has 1 aromatic carbocycles. The molecule has 1 unspecified atom stereocenters. The van der Waals surface area contributed by atoms with E-state index < -0.39 is 27.9 Å². The molecule has 1 aromatic heterocycles. The number of hydrogen-bond donors (Lipinski definition) is 1. The maximum Gasteiger partial charge on any atom is 0.341 e. The molecule has 0 radical (unpaired) electrons. The van der Waals surface area contributed by atoms with Crippen LogP contribution < -0.4 is 14.8 Å². The Morgan fingerprint density at radius 3 is 2.44 bits per heavy atom. The molecule has 1 saturated heterocycles. The third-order valence-corrected chi connectivity index (χ3v) is 8.51. The number of thiophene rings is 1. The molecule has 1 N–H and O–H groups in total. The summed E-state index contributed by atoms with van der Waals surface area (Å²) >= 11 is 1.25. The van der Waals surface area contributed by atoms with Crippen LogP contribution in [0.3, 0.4) is 0 Å². The highest BCUT2D eigenvalue weighted by Crippen LogP contribution is 2.35. The normalized spacial score (nSPS) is 16.6. The van der Waals surface area contributed by atoms with Gasteiger partial charge in [0.15, 0.2) is 11.5 Å². The number of sulfonamides is 1. The van der Waals surface area contributed by atoms with Crippen LogP contribution in [0.15, 0.2) is 23.1 Å². The van der Waals surface area contributed by atoms with Gasteiger partial charge in [-0.1, -0.05) is 0 Å². The molecule has 1 aliphatic rings. The van der Waals surface area contributed by atoms with Gasteiger partial charge in [-0.15, -0.1) is 11.3 Å². The number of methoxy groups -OCH3 is 3. The minimum Gasteiger partial charge on any atom is -0.493 e. The largest absolute Gasteiger partial charge is 0.493 e. The van der Waals surface area contributed by atoms with Crippen LogP contribution in [0.2, 0.25) is 0 Å². The number of nitrogens with zero attached hydrogens (tertiary/aromatic N) is 1. The Kier molecular flexibility index (Phi) is 7.11. The van der Waals surface area contributed by atoms with E-state index in [1.807, 2.05) is 6.92 Å². The van der Waals surface area contributed by atoms with Crippen LogP contribution in [0.5, 0.6) is 11.5 Å². The number of esters is 1. The van der Waals surface area contributed by atoms with E-state index in [1.165, 1.54) is 55.2 Å². The standard InChI is InChI=1S/C21H26N2O7S2/c1-12-13(2)31-20(18(12)21(25)30-5)22-19(24)15-7-6-10-23(15)32(26,27)14-8-9-16(28-3)17(11-14)29-4/h8-9,11,15H,6-7,10H2,1-5H3,(H,22,24). The smallest absolute Gasteiger partial charge is 0.341 e. The van der Waals surface area contributed by atoms with E-state index in [2.05, 4.69) is 5.32 Å². The zero-order chi connectivity index (χ0) is 23.6. The van der Waals surface area contributed by atoms with Crippen LogP contribution >= 0.6 is 11.3 Å². The minimum absolute atomic E-state index is 0.00733. The number of nitrogens with one attached hydrogen (secondary N) is 1. The average Bonchev–Trinajstić information content (AvgIpc) is 3.38. The molecule has 9 nitrogen and oxygen atoms in total. The van der Waals surface area contributed by atoms with Gasteiger partial charge in [-0.2, -0.15) is 4.31 Å². The lowest BCUT2D eigenvalue weighted by Crippen LogP contribution is -2.43. The van der Waals surface area contributed by atoms with Crippen LogP contribution in [-0.4, -0.2) is 58.5 Å². The number of amides is 1. The Bertz CT molecular complexity index is 1140. The number of benzene rings is 1. The number of carbonyl (C=O) groups excluding carboxylic acids is 2. The van der Waals surface area contributed by atoms with E-state index in [0.29, 0.717) is 23.6 Å². The average molecular weight is 483 g/mol. The molecule has 0 spiro atoms. The number of hydrogen-bond acceptors (Lipinski definition) is 8. The second-order valence-corrected chi connectivity index (χ2v) is 10.4. The van der Waals surface area contributed by atoms with Crippen molar-refractivity contribution < 1.29 is 32.2 Å². The fourth-order valence-corrected chi connectivity index (χ4v) is 6.38. The molecule has 11 heteroatoms. The molecule has 2 heterocycles. The Morgan fingerprint density at radius 2 is 1.81 bits per heavy atom. The first kappa shape index (κ1) is 24.0. The van der Waals surface area contributed by atoms with Crippen molar-refractivity contribution in [2.75, 3.05) is 33.2 Å². The van der Waals surface area contributed by atoms with Gasteiger partial charge < -0.3 is 19.5 Å². The molecule has 1 aliphatic heterocycles. The summed E-state index contributed by atoms with van der Waals surface area (Å²) in [5.74, 6) is -0.358. The van der Waals surface area contributed by atoms with Crippen molar-refractivity contribution in [2.24, 2.45) is 0 Å². The Hall–Kier alpha value is -2.63. The second-order valence-electron chi connectivity index (χ2n) is 7.26. The molecular formula is C21H26N2O7S2. The second kappa shape index (κ2) is 9.47. The summed E-state index contributed by atoms with van der Waals surface area (Å²) < 4.78 is 43.1. The molecular weight excluding hydrogens is 456 g/mol. The van der Waals surface area contributed by atoms with E-state index in [0.717, 1.165) is 10.4 Å². The van der Waals surface area contributed by atoms with Crippen molar-refractivity contribution in [3.63, 3.8) is 0 Å². The summed E-state index contributed by atoms with van der Waals surface area (Å²) in [6.45, 7) is 3.82. The van der Waals surface area contributed by atoms with Gasteiger partial charge in [-0.25, -0.2) is 13.2 Å². The SMILES string of the molecule is COC(=O)c1c(NC(=O)C2CCCN2S(=O)(=O)c2ccc(OC)c(OC)c2)sc(C)c1C. The number of ether oxygens (including phenoxy) is 3. The summed E-state index contributed by atoms with van der Waals surface area (Å²) in [6, 6.07) is 3.41. The van der Waals surface area contributed by atoms with Gasteiger partial charge in [0.2, 0.25) is 15.9 Å². The van der Waals surface area contributed by atoms with Crippen LogP contribution in [-0.2, 0) is 19.6 Å². The highest BCUT2D eigenvalue weighted by atomic mass is 32.2. The minimum atomic E-state index is -3.97. The molecule has 2 aromatic rings. The van der Waals surface area contributed by atoms with Gasteiger partial charge in [0, 0.05) is 17.5 Å².